The van der Waals surface area contributed by atoms with E-state index >= 15 is 0 Å². The van der Waals surface area contributed by atoms with Crippen LogP contribution in [-0.4, -0.2) is 6.54 Å². The van der Waals surface area contributed by atoms with Crippen LogP contribution in [0.1, 0.15) is 12.5 Å². The van der Waals surface area contributed by atoms with Crippen LogP contribution in [0, 0.1) is 3.57 Å². The zero-order chi connectivity index (χ0) is 8.97. The molecule has 1 nitrogen and oxygen atoms in total. The summed E-state index contributed by atoms with van der Waals surface area (Å²) < 4.78 is 1.26. The van der Waals surface area contributed by atoms with Crippen LogP contribution in [0.3, 0.4) is 0 Å². The van der Waals surface area contributed by atoms with Crippen LogP contribution in [0.5, 0.6) is 0 Å². The first kappa shape index (κ1) is 9.74. The highest BCUT2D eigenvalue weighted by atomic mass is 127. The van der Waals surface area contributed by atoms with E-state index in [4.69, 9.17) is 5.73 Å². The minimum Gasteiger partial charge on any atom is -0.327 e. The summed E-state index contributed by atoms with van der Waals surface area (Å²) >= 11 is 2.29. The summed E-state index contributed by atoms with van der Waals surface area (Å²) in [5, 5.41) is 0. The minimum absolute atomic E-state index is 0.631. The van der Waals surface area contributed by atoms with Gasteiger partial charge in [-0.25, -0.2) is 0 Å². The van der Waals surface area contributed by atoms with Crippen LogP contribution in [0.2, 0.25) is 0 Å². The maximum Gasteiger partial charge on any atom is 0.0137 e. The molecule has 12 heavy (non-hydrogen) atoms. The monoisotopic (exact) mass is 273 g/mol. The third-order valence-corrected chi connectivity index (χ3v) is 2.32. The fraction of sp³-hybridized carbons (Fsp3) is 0.200. The van der Waals surface area contributed by atoms with Crippen LogP contribution >= 0.6 is 22.6 Å². The molecule has 1 rings (SSSR count). The van der Waals surface area contributed by atoms with Gasteiger partial charge in [0, 0.05) is 10.1 Å². The van der Waals surface area contributed by atoms with Gasteiger partial charge >= 0.3 is 0 Å². The van der Waals surface area contributed by atoms with E-state index in [1.807, 2.05) is 6.92 Å². The smallest absolute Gasteiger partial charge is 0.0137 e. The van der Waals surface area contributed by atoms with E-state index in [2.05, 4.69) is 52.9 Å². The van der Waals surface area contributed by atoms with E-state index < -0.39 is 0 Å². The molecule has 0 aliphatic heterocycles. The molecular weight excluding hydrogens is 261 g/mol. The van der Waals surface area contributed by atoms with Gasteiger partial charge in [0.15, 0.2) is 0 Å². The van der Waals surface area contributed by atoms with E-state index in [9.17, 15) is 0 Å². The molecule has 0 atom stereocenters. The van der Waals surface area contributed by atoms with Crippen molar-refractivity contribution >= 4 is 28.7 Å². The molecule has 1 aromatic carbocycles. The first-order valence-corrected chi connectivity index (χ1v) is 4.93. The maximum absolute atomic E-state index is 5.48. The molecule has 0 fully saturated rings. The Morgan fingerprint density at radius 2 is 2.00 bits per heavy atom. The van der Waals surface area contributed by atoms with Gasteiger partial charge < -0.3 is 5.73 Å². The van der Waals surface area contributed by atoms with Crippen LogP contribution in [-0.2, 0) is 0 Å². The lowest BCUT2D eigenvalue weighted by Gasteiger charge is -1.96. The van der Waals surface area contributed by atoms with Gasteiger partial charge in [0.25, 0.3) is 0 Å². The second-order valence-electron chi connectivity index (χ2n) is 2.75. The van der Waals surface area contributed by atoms with Crippen LogP contribution in [0.15, 0.2) is 29.8 Å². The number of halogens is 1. The van der Waals surface area contributed by atoms with E-state index in [0.29, 0.717) is 6.54 Å². The minimum atomic E-state index is 0.631. The number of hydrogen-bond acceptors (Lipinski definition) is 1. The molecule has 1 aromatic rings. The highest BCUT2D eigenvalue weighted by molar-refractivity contribution is 14.1. The van der Waals surface area contributed by atoms with Crippen molar-refractivity contribution in [2.45, 2.75) is 6.92 Å². The quantitative estimate of drug-likeness (QED) is 0.824. The Kier molecular flexibility index (Phi) is 3.75. The molecule has 64 valence electrons. The molecule has 0 unspecified atom stereocenters. The lowest BCUT2D eigenvalue weighted by atomic mass is 10.1. The highest BCUT2D eigenvalue weighted by Gasteiger charge is 1.89. The highest BCUT2D eigenvalue weighted by Crippen LogP contribution is 2.09. The predicted molar refractivity (Wildman–Crippen MR) is 61.9 cm³/mol. The Morgan fingerprint density at radius 1 is 1.42 bits per heavy atom. The van der Waals surface area contributed by atoms with E-state index in [1.165, 1.54) is 14.7 Å². The van der Waals surface area contributed by atoms with Gasteiger partial charge in [0.1, 0.15) is 0 Å². The first-order chi connectivity index (χ1) is 5.72. The fourth-order valence-electron chi connectivity index (χ4n) is 0.902. The molecule has 0 saturated carbocycles. The first-order valence-electron chi connectivity index (χ1n) is 3.85. The van der Waals surface area contributed by atoms with Gasteiger partial charge in [0.05, 0.1) is 0 Å². The van der Waals surface area contributed by atoms with Crippen molar-refractivity contribution < 1.29 is 0 Å². The average Bonchev–Trinajstić information content (AvgIpc) is 2.09. The SMILES string of the molecule is C/C(=C/c1ccc(I)cc1)CN. The van der Waals surface area contributed by atoms with E-state index in [1.54, 1.807) is 0 Å². The molecule has 0 radical (unpaired) electrons. The molecule has 2 N–H and O–H groups in total. The largest absolute Gasteiger partial charge is 0.327 e. The van der Waals surface area contributed by atoms with Crippen molar-refractivity contribution in [1.82, 2.24) is 0 Å². The average molecular weight is 273 g/mol. The third-order valence-electron chi connectivity index (χ3n) is 1.61. The Bertz CT molecular complexity index is 274. The Balaban J connectivity index is 2.84. The van der Waals surface area contributed by atoms with Crippen LogP contribution < -0.4 is 5.73 Å². The van der Waals surface area contributed by atoms with Crippen LogP contribution in [0.4, 0.5) is 0 Å². The zero-order valence-electron chi connectivity index (χ0n) is 7.05. The molecular formula is C10H12IN. The van der Waals surface area contributed by atoms with Gasteiger partial charge in [-0.1, -0.05) is 23.8 Å². The Hall–Kier alpha value is -0.350. The maximum atomic E-state index is 5.48. The van der Waals surface area contributed by atoms with E-state index in [0.717, 1.165) is 0 Å². The summed E-state index contributed by atoms with van der Waals surface area (Å²) in [6, 6.07) is 8.38. The van der Waals surface area contributed by atoms with E-state index in [-0.39, 0.29) is 0 Å². The number of nitrogens with two attached hydrogens (primary N) is 1. The second kappa shape index (κ2) is 4.62. The van der Waals surface area contributed by atoms with Crippen molar-refractivity contribution in [1.29, 1.82) is 0 Å². The summed E-state index contributed by atoms with van der Waals surface area (Å²) in [5.74, 6) is 0. The fourth-order valence-corrected chi connectivity index (χ4v) is 1.26. The van der Waals surface area contributed by atoms with Gasteiger partial charge in [-0.2, -0.15) is 0 Å². The summed E-state index contributed by atoms with van der Waals surface area (Å²) in [6.45, 7) is 2.67. The molecule has 0 aromatic heterocycles. The normalized spacial score (nSPS) is 11.8. The van der Waals surface area contributed by atoms with Crippen LogP contribution in [0.25, 0.3) is 6.08 Å². The number of hydrogen-bond donors (Lipinski definition) is 1. The number of rotatable bonds is 2. The lowest BCUT2D eigenvalue weighted by Crippen LogP contribution is -1.99. The number of benzene rings is 1. The van der Waals surface area contributed by atoms with Gasteiger partial charge in [-0.05, 0) is 47.2 Å². The summed E-state index contributed by atoms with van der Waals surface area (Å²) in [7, 11) is 0. The third kappa shape index (κ3) is 2.95. The van der Waals surface area contributed by atoms with Gasteiger partial charge in [0.2, 0.25) is 0 Å². The lowest BCUT2D eigenvalue weighted by molar-refractivity contribution is 1.15. The van der Waals surface area contributed by atoms with Gasteiger partial charge in [-0.15, -0.1) is 0 Å². The summed E-state index contributed by atoms with van der Waals surface area (Å²) in [6.07, 6.45) is 2.11. The van der Waals surface area contributed by atoms with Gasteiger partial charge in [-0.3, -0.25) is 0 Å². The molecule has 0 bridgehead atoms. The Morgan fingerprint density at radius 3 is 2.50 bits per heavy atom. The predicted octanol–water partition coefficient (Wildman–Crippen LogP) is 2.65. The summed E-state index contributed by atoms with van der Waals surface area (Å²) in [4.78, 5) is 0. The Labute approximate surface area is 86.8 Å². The van der Waals surface area contributed by atoms with Crippen molar-refractivity contribution in [3.05, 3.63) is 39.0 Å². The topological polar surface area (TPSA) is 26.0 Å². The summed E-state index contributed by atoms with van der Waals surface area (Å²) in [5.41, 5.74) is 7.91. The van der Waals surface area contributed by atoms with Crippen molar-refractivity contribution in [2.75, 3.05) is 6.54 Å². The molecule has 0 spiro atoms. The molecule has 0 heterocycles. The molecule has 0 aliphatic rings. The molecule has 0 aliphatic carbocycles. The molecule has 0 amide bonds. The standard InChI is InChI=1S/C10H12IN/c1-8(7-12)6-9-2-4-10(11)5-3-9/h2-6H,7,12H2,1H3/b8-6-. The molecule has 2 heteroatoms. The van der Waals surface area contributed by atoms with Crippen molar-refractivity contribution in [2.24, 2.45) is 5.73 Å². The second-order valence-corrected chi connectivity index (χ2v) is 3.99. The molecule has 0 saturated heterocycles. The zero-order valence-corrected chi connectivity index (χ0v) is 9.21. The van der Waals surface area contributed by atoms with Crippen molar-refractivity contribution in [3.8, 4) is 0 Å². The van der Waals surface area contributed by atoms with Crippen molar-refractivity contribution in [3.63, 3.8) is 0 Å².